The molecule has 0 fully saturated rings. The van der Waals surface area contributed by atoms with Crippen LogP contribution in [0.1, 0.15) is 16.2 Å². The van der Waals surface area contributed by atoms with Crippen LogP contribution in [0.3, 0.4) is 0 Å². The molecule has 0 unspecified atom stereocenters. The fraction of sp³-hybridized carbons (Fsp3) is 0. The number of para-hydroxylation sites is 2. The van der Waals surface area contributed by atoms with Crippen LogP contribution in [0.5, 0.6) is 0 Å². The molecular formula is C14H11N5O. The third kappa shape index (κ3) is 2.54. The van der Waals surface area contributed by atoms with Gasteiger partial charge in [0.05, 0.1) is 17.2 Å². The highest BCUT2D eigenvalue weighted by Crippen LogP contribution is 2.08. The summed E-state index contributed by atoms with van der Waals surface area (Å²) in [5.41, 5.74) is 4.72. The molecule has 2 aromatic heterocycles. The second-order valence-electron chi connectivity index (χ2n) is 4.07. The zero-order valence-corrected chi connectivity index (χ0v) is 10.4. The van der Waals surface area contributed by atoms with Crippen LogP contribution in [-0.4, -0.2) is 27.1 Å². The Morgan fingerprint density at radius 1 is 1.20 bits per heavy atom. The van der Waals surface area contributed by atoms with Crippen molar-refractivity contribution in [2.75, 3.05) is 0 Å². The second-order valence-corrected chi connectivity index (χ2v) is 4.07. The first-order valence-electron chi connectivity index (χ1n) is 6.01. The van der Waals surface area contributed by atoms with Crippen molar-refractivity contribution in [3.05, 3.63) is 60.2 Å². The number of amides is 1. The Bertz CT molecular complexity index is 730. The summed E-state index contributed by atoms with van der Waals surface area (Å²) in [6.07, 6.45) is 4.58. The van der Waals surface area contributed by atoms with E-state index in [0.29, 0.717) is 11.4 Å². The van der Waals surface area contributed by atoms with E-state index in [1.807, 2.05) is 24.3 Å². The number of pyridine rings is 1. The summed E-state index contributed by atoms with van der Waals surface area (Å²) in [5, 5.41) is 3.87. The average Bonchev–Trinajstić information content (AvgIpc) is 2.90. The van der Waals surface area contributed by atoms with Gasteiger partial charge in [-0.25, -0.2) is 10.4 Å². The molecule has 0 aliphatic carbocycles. The van der Waals surface area contributed by atoms with Crippen LogP contribution in [0, 0.1) is 0 Å². The van der Waals surface area contributed by atoms with E-state index < -0.39 is 0 Å². The van der Waals surface area contributed by atoms with Gasteiger partial charge in [-0.3, -0.25) is 9.78 Å². The smallest absolute Gasteiger partial charge is 0.271 e. The molecule has 0 spiro atoms. The number of nitrogens with one attached hydrogen (secondary N) is 2. The molecule has 1 aromatic carbocycles. The minimum Gasteiger partial charge on any atom is -0.337 e. The topological polar surface area (TPSA) is 83.0 Å². The molecule has 0 saturated heterocycles. The lowest BCUT2D eigenvalue weighted by atomic mass is 10.3. The maximum atomic E-state index is 11.7. The number of hydrogen-bond acceptors (Lipinski definition) is 4. The van der Waals surface area contributed by atoms with Crippen molar-refractivity contribution < 1.29 is 4.79 Å². The van der Waals surface area contributed by atoms with Gasteiger partial charge in [-0.05, 0) is 24.3 Å². The van der Waals surface area contributed by atoms with Gasteiger partial charge in [-0.15, -0.1) is 0 Å². The Morgan fingerprint density at radius 2 is 2.00 bits per heavy atom. The first-order valence-corrected chi connectivity index (χ1v) is 6.01. The monoisotopic (exact) mass is 265 g/mol. The van der Waals surface area contributed by atoms with Crippen LogP contribution >= 0.6 is 0 Å². The van der Waals surface area contributed by atoms with Gasteiger partial charge in [-0.1, -0.05) is 12.1 Å². The highest BCUT2D eigenvalue weighted by molar-refractivity contribution is 5.94. The van der Waals surface area contributed by atoms with Crippen molar-refractivity contribution in [2.24, 2.45) is 5.10 Å². The molecule has 1 amide bonds. The number of hydrogen-bond donors (Lipinski definition) is 2. The molecule has 0 aliphatic heterocycles. The van der Waals surface area contributed by atoms with E-state index in [-0.39, 0.29) is 5.91 Å². The Morgan fingerprint density at radius 3 is 2.80 bits per heavy atom. The fourth-order valence-electron chi connectivity index (χ4n) is 1.75. The van der Waals surface area contributed by atoms with Gasteiger partial charge in [0.25, 0.3) is 5.91 Å². The third-order valence-corrected chi connectivity index (χ3v) is 2.70. The second kappa shape index (κ2) is 5.31. The number of aromatic nitrogens is 3. The average molecular weight is 265 g/mol. The number of fused-ring (bicyclic) bond motifs is 1. The summed E-state index contributed by atoms with van der Waals surface area (Å²) in [7, 11) is 0. The Kier molecular flexibility index (Phi) is 3.20. The van der Waals surface area contributed by atoms with E-state index in [2.05, 4.69) is 25.5 Å². The van der Waals surface area contributed by atoms with Crippen LogP contribution in [0.25, 0.3) is 11.0 Å². The summed E-state index contributed by atoms with van der Waals surface area (Å²) < 4.78 is 0. The number of imidazole rings is 1. The number of carbonyl (C=O) groups is 1. The van der Waals surface area contributed by atoms with Crippen LogP contribution < -0.4 is 5.43 Å². The molecule has 0 aliphatic rings. The summed E-state index contributed by atoms with van der Waals surface area (Å²) in [6, 6.07) is 10.9. The molecule has 6 heteroatoms. The van der Waals surface area contributed by atoms with Crippen molar-refractivity contribution in [3.63, 3.8) is 0 Å². The molecule has 2 N–H and O–H groups in total. The number of carbonyl (C=O) groups excluding carboxylic acids is 1. The lowest BCUT2D eigenvalue weighted by Crippen LogP contribution is -2.17. The molecule has 0 radical (unpaired) electrons. The Hall–Kier alpha value is -3.02. The molecule has 3 rings (SSSR count). The molecule has 0 atom stereocenters. The summed E-state index contributed by atoms with van der Waals surface area (Å²) >= 11 is 0. The number of H-pyrrole nitrogens is 1. The van der Waals surface area contributed by atoms with E-state index in [1.54, 1.807) is 24.5 Å². The van der Waals surface area contributed by atoms with Gasteiger partial charge >= 0.3 is 0 Å². The molecule has 3 aromatic rings. The van der Waals surface area contributed by atoms with Crippen molar-refractivity contribution >= 4 is 23.2 Å². The van der Waals surface area contributed by atoms with Crippen LogP contribution in [0.2, 0.25) is 0 Å². The zero-order valence-electron chi connectivity index (χ0n) is 10.4. The highest BCUT2D eigenvalue weighted by Gasteiger charge is 2.02. The van der Waals surface area contributed by atoms with Crippen LogP contribution in [0.15, 0.2) is 53.9 Å². The zero-order chi connectivity index (χ0) is 13.8. The quantitative estimate of drug-likeness (QED) is 0.558. The van der Waals surface area contributed by atoms with Gasteiger partial charge in [0.1, 0.15) is 0 Å². The fourth-order valence-corrected chi connectivity index (χ4v) is 1.75. The molecule has 0 saturated carbocycles. The van der Waals surface area contributed by atoms with Gasteiger partial charge < -0.3 is 4.98 Å². The molecule has 98 valence electrons. The van der Waals surface area contributed by atoms with Crippen LogP contribution in [0.4, 0.5) is 0 Å². The maximum Gasteiger partial charge on any atom is 0.271 e. The molecule has 6 nitrogen and oxygen atoms in total. The van der Waals surface area contributed by atoms with Gasteiger partial charge in [0.15, 0.2) is 5.82 Å². The summed E-state index contributed by atoms with van der Waals surface area (Å²) in [6.45, 7) is 0. The number of benzene rings is 1. The summed E-state index contributed by atoms with van der Waals surface area (Å²) in [4.78, 5) is 23.0. The van der Waals surface area contributed by atoms with E-state index in [1.165, 1.54) is 6.21 Å². The van der Waals surface area contributed by atoms with Gasteiger partial charge in [0.2, 0.25) is 0 Å². The van der Waals surface area contributed by atoms with E-state index in [0.717, 1.165) is 11.0 Å². The minimum atomic E-state index is -0.292. The largest absolute Gasteiger partial charge is 0.337 e. The number of rotatable bonds is 3. The van der Waals surface area contributed by atoms with Crippen molar-refractivity contribution in [1.82, 2.24) is 20.4 Å². The summed E-state index contributed by atoms with van der Waals surface area (Å²) in [5.74, 6) is 0.293. The highest BCUT2D eigenvalue weighted by atomic mass is 16.2. The number of aromatic amines is 1. The molecule has 2 heterocycles. The Balaban J connectivity index is 1.70. The van der Waals surface area contributed by atoms with Crippen molar-refractivity contribution in [2.45, 2.75) is 0 Å². The van der Waals surface area contributed by atoms with E-state index in [4.69, 9.17) is 0 Å². The number of hydrazone groups is 1. The van der Waals surface area contributed by atoms with Gasteiger partial charge in [0, 0.05) is 18.0 Å². The first-order chi connectivity index (χ1) is 9.83. The maximum absolute atomic E-state index is 11.7. The van der Waals surface area contributed by atoms with Crippen LogP contribution in [-0.2, 0) is 0 Å². The van der Waals surface area contributed by atoms with E-state index in [9.17, 15) is 4.79 Å². The Labute approximate surface area is 114 Å². The SMILES string of the molecule is O=C(N/N=C\c1nc2ccccc2[nH]1)c1ccncc1. The third-order valence-electron chi connectivity index (χ3n) is 2.70. The minimum absolute atomic E-state index is 0.292. The number of nitrogens with zero attached hydrogens (tertiary/aromatic N) is 3. The standard InChI is InChI=1S/C14H11N5O/c20-14(10-5-7-15-8-6-10)19-16-9-13-17-11-3-1-2-4-12(11)18-13/h1-9H,(H,17,18)(H,19,20)/b16-9-. The molecule has 20 heavy (non-hydrogen) atoms. The lowest BCUT2D eigenvalue weighted by molar-refractivity contribution is 0.0955. The normalized spacial score (nSPS) is 11.0. The van der Waals surface area contributed by atoms with Crippen molar-refractivity contribution in [1.29, 1.82) is 0 Å². The van der Waals surface area contributed by atoms with Crippen molar-refractivity contribution in [3.8, 4) is 0 Å². The van der Waals surface area contributed by atoms with Gasteiger partial charge in [-0.2, -0.15) is 5.10 Å². The lowest BCUT2D eigenvalue weighted by Gasteiger charge is -1.97. The first kappa shape index (κ1) is 12.0. The van der Waals surface area contributed by atoms with E-state index >= 15 is 0 Å². The molecule has 0 bridgehead atoms. The predicted molar refractivity (Wildman–Crippen MR) is 75.4 cm³/mol. The predicted octanol–water partition coefficient (Wildman–Crippen LogP) is 1.72. The molecular weight excluding hydrogens is 254 g/mol.